The number of carbonyl (C=O) groups excluding carboxylic acids is 1. The zero-order chi connectivity index (χ0) is 42.7. The number of nitrogens with one attached hydrogen (secondary N) is 1. The van der Waals surface area contributed by atoms with E-state index in [2.05, 4.69) is 41.3 Å². The summed E-state index contributed by atoms with van der Waals surface area (Å²) in [6.45, 7) is 8.26. The first-order valence-electron chi connectivity index (χ1n) is 20.9. The van der Waals surface area contributed by atoms with Crippen LogP contribution in [-0.2, 0) is 24.4 Å². The number of hydrogen-bond donors (Lipinski definition) is 3. The molecule has 3 aromatic rings. The highest BCUT2D eigenvalue weighted by molar-refractivity contribution is 7.99. The van der Waals surface area contributed by atoms with E-state index in [1.54, 1.807) is 37.0 Å². The van der Waals surface area contributed by atoms with Crippen LogP contribution in [-0.4, -0.2) is 92.2 Å². The van der Waals surface area contributed by atoms with E-state index < -0.39 is 27.8 Å². The average molecular weight is 862 g/mol. The molecular formula is C46H59N3O9S2. The Morgan fingerprint density at radius 3 is 2.47 bits per heavy atom. The van der Waals surface area contributed by atoms with Crippen molar-refractivity contribution in [2.24, 2.45) is 22.9 Å². The lowest BCUT2D eigenvalue weighted by atomic mass is 9.55. The summed E-state index contributed by atoms with van der Waals surface area (Å²) in [5, 5.41) is 27.1. The van der Waals surface area contributed by atoms with Gasteiger partial charge < -0.3 is 34.6 Å². The molecule has 1 heterocycles. The van der Waals surface area contributed by atoms with Crippen molar-refractivity contribution in [3.63, 3.8) is 0 Å². The maximum absolute atomic E-state index is 14.7. The fraction of sp³-hybridized carbons (Fsp3) is 0.478. The molecule has 1 fully saturated rings. The Kier molecular flexibility index (Phi) is 15.9. The standard InChI is InChI=1S/C46H59N3O9S2/c1-5-26-56-46-43(49(4)60(53,54)37-21-18-34(19-22-37)47-32(3)52)31-41(48-57-6-2)39-29-33(14-10-12-24-50)38(17-11-13-25-51)44(45(39)46)40-30-35(20-23-42(40)58-46)55-27-28-59-36-15-8-7-9-16-36/h5,7-9,15-16,18-23,29-30,33,38,43-45,50-51H,1,6,10-14,17,24-28,31H2,2-4H3,(H,47,52)/t33-,38+,43-,44+,45+,46+/m0/s1. The minimum Gasteiger partial charge on any atom is -0.493 e. The quantitative estimate of drug-likeness (QED) is 0.0395. The van der Waals surface area contributed by atoms with Crippen LogP contribution in [0, 0.1) is 17.8 Å². The van der Waals surface area contributed by atoms with Gasteiger partial charge in [0, 0.05) is 61.4 Å². The van der Waals surface area contributed by atoms with Crippen LogP contribution in [0.2, 0.25) is 0 Å². The molecule has 6 rings (SSSR count). The summed E-state index contributed by atoms with van der Waals surface area (Å²) in [5.74, 6) is -0.478. The number of anilines is 1. The van der Waals surface area contributed by atoms with E-state index in [4.69, 9.17) is 19.0 Å². The number of likely N-dealkylation sites (N-methyl/N-ethyl adjacent to an activating group) is 1. The number of rotatable bonds is 22. The maximum atomic E-state index is 14.7. The number of thioether (sulfide) groups is 1. The Morgan fingerprint density at radius 2 is 1.78 bits per heavy atom. The summed E-state index contributed by atoms with van der Waals surface area (Å²) in [6, 6.07) is 21.2. The van der Waals surface area contributed by atoms with Gasteiger partial charge in [-0.3, -0.25) is 4.79 Å². The fourth-order valence-corrected chi connectivity index (χ4v) is 11.1. The van der Waals surface area contributed by atoms with E-state index >= 15 is 0 Å². The van der Waals surface area contributed by atoms with Gasteiger partial charge in [-0.1, -0.05) is 48.3 Å². The van der Waals surface area contributed by atoms with Crippen LogP contribution >= 0.6 is 11.8 Å². The van der Waals surface area contributed by atoms with E-state index in [1.807, 2.05) is 37.3 Å². The van der Waals surface area contributed by atoms with Gasteiger partial charge in [0.1, 0.15) is 18.1 Å². The fourth-order valence-electron chi connectivity index (χ4n) is 9.02. The molecule has 0 unspecified atom stereocenters. The van der Waals surface area contributed by atoms with Gasteiger partial charge in [0.15, 0.2) is 0 Å². The molecule has 0 spiro atoms. The third-order valence-electron chi connectivity index (χ3n) is 11.6. The number of allylic oxidation sites excluding steroid dienone is 1. The molecule has 0 radical (unpaired) electrons. The number of aliphatic hydroxyl groups excluding tert-OH is 2. The van der Waals surface area contributed by atoms with Crippen LogP contribution in [0.4, 0.5) is 5.69 Å². The van der Waals surface area contributed by atoms with Crippen LogP contribution in [0.1, 0.15) is 70.3 Å². The van der Waals surface area contributed by atoms with Crippen molar-refractivity contribution in [3.8, 4) is 11.5 Å². The minimum atomic E-state index is -4.19. The average Bonchev–Trinajstić information content (AvgIpc) is 3.25. The molecule has 1 saturated carbocycles. The largest absolute Gasteiger partial charge is 0.493 e. The predicted molar refractivity (Wildman–Crippen MR) is 235 cm³/mol. The van der Waals surface area contributed by atoms with Crippen molar-refractivity contribution < 1.29 is 42.5 Å². The van der Waals surface area contributed by atoms with Crippen molar-refractivity contribution in [3.05, 3.63) is 103 Å². The number of carbonyl (C=O) groups is 1. The number of fused-ring (bicyclic) bond motifs is 2. The summed E-state index contributed by atoms with van der Waals surface area (Å²) in [7, 11) is -2.65. The SMILES string of the molecule is C=CCO[C@@]12Oc3ccc(OCCSc4ccccc4)cc3[C@H]3[C@H](CCCCO)[C@@H](CCCCO)C=C(C(=NOCC)C[C@@H]1N(C)S(=O)(=O)c1ccc(NC(C)=O)cc1)[C@H]32. The highest BCUT2D eigenvalue weighted by atomic mass is 32.2. The lowest BCUT2D eigenvalue weighted by molar-refractivity contribution is -0.250. The summed E-state index contributed by atoms with van der Waals surface area (Å²) in [4.78, 5) is 18.7. The molecule has 0 bridgehead atoms. The first-order valence-corrected chi connectivity index (χ1v) is 23.4. The number of sulfonamides is 1. The van der Waals surface area contributed by atoms with Crippen molar-refractivity contribution in [2.75, 3.05) is 51.2 Å². The molecule has 3 N–H and O–H groups in total. The molecule has 1 aliphatic heterocycles. The lowest BCUT2D eigenvalue weighted by Gasteiger charge is -2.59. The van der Waals surface area contributed by atoms with Crippen LogP contribution in [0.15, 0.2) is 112 Å². The Bertz CT molecular complexity index is 2080. The first-order chi connectivity index (χ1) is 29.1. The third kappa shape index (κ3) is 10.1. The number of aliphatic hydroxyl groups is 2. The van der Waals surface area contributed by atoms with E-state index in [0.29, 0.717) is 49.0 Å². The van der Waals surface area contributed by atoms with E-state index in [-0.39, 0.29) is 54.8 Å². The van der Waals surface area contributed by atoms with E-state index in [9.17, 15) is 23.4 Å². The van der Waals surface area contributed by atoms with Crippen molar-refractivity contribution in [1.29, 1.82) is 0 Å². The molecule has 14 heteroatoms. The summed E-state index contributed by atoms with van der Waals surface area (Å²) >= 11 is 1.72. The van der Waals surface area contributed by atoms with Gasteiger partial charge in [0.2, 0.25) is 21.7 Å². The molecular weight excluding hydrogens is 803 g/mol. The van der Waals surface area contributed by atoms with E-state index in [0.717, 1.165) is 42.6 Å². The molecule has 60 heavy (non-hydrogen) atoms. The smallest absolute Gasteiger partial charge is 0.243 e. The molecule has 1 amide bonds. The monoisotopic (exact) mass is 861 g/mol. The van der Waals surface area contributed by atoms with Crippen LogP contribution < -0.4 is 14.8 Å². The van der Waals surface area contributed by atoms with Gasteiger partial charge in [-0.25, -0.2) is 8.42 Å². The van der Waals surface area contributed by atoms with Crippen molar-refractivity contribution >= 4 is 39.1 Å². The molecule has 0 aromatic heterocycles. The Balaban J connectivity index is 1.49. The van der Waals surface area contributed by atoms with Gasteiger partial charge >= 0.3 is 0 Å². The Morgan fingerprint density at radius 1 is 1.05 bits per heavy atom. The number of benzene rings is 3. The summed E-state index contributed by atoms with van der Waals surface area (Å²) in [6.07, 6.45) is 8.53. The van der Waals surface area contributed by atoms with E-state index in [1.165, 1.54) is 28.3 Å². The molecule has 0 saturated heterocycles. The van der Waals surface area contributed by atoms with Crippen LogP contribution in [0.5, 0.6) is 11.5 Å². The van der Waals surface area contributed by atoms with Gasteiger partial charge in [-0.05, 0) is 105 Å². The van der Waals surface area contributed by atoms with Crippen molar-refractivity contribution in [1.82, 2.24) is 4.31 Å². The second-order valence-corrected chi connectivity index (χ2v) is 18.6. The zero-order valence-electron chi connectivity index (χ0n) is 34.8. The first kappa shape index (κ1) is 45.3. The van der Waals surface area contributed by atoms with Gasteiger partial charge in [-0.2, -0.15) is 4.31 Å². The Hall–Kier alpha value is -4.18. The topological polar surface area (TPSA) is 156 Å². The predicted octanol–water partition coefficient (Wildman–Crippen LogP) is 7.79. The summed E-state index contributed by atoms with van der Waals surface area (Å²) in [5.41, 5.74) is 2.93. The number of hydrogen-bond acceptors (Lipinski definition) is 11. The molecule has 12 nitrogen and oxygen atoms in total. The molecule has 6 atom stereocenters. The maximum Gasteiger partial charge on any atom is 0.243 e. The normalized spacial score (nSPS) is 23.9. The lowest BCUT2D eigenvalue weighted by Crippen LogP contribution is -2.69. The second kappa shape index (κ2) is 21.1. The third-order valence-corrected chi connectivity index (χ3v) is 14.5. The molecule has 3 aliphatic rings. The number of unbranched alkanes of at least 4 members (excludes halogenated alkanes) is 2. The van der Waals surface area contributed by atoms with Crippen LogP contribution in [0.3, 0.4) is 0 Å². The number of oxime groups is 1. The molecule has 2 aliphatic carbocycles. The minimum absolute atomic E-state index is 0.0255. The second-order valence-electron chi connectivity index (χ2n) is 15.4. The molecule has 3 aromatic carbocycles. The van der Waals surface area contributed by atoms with Crippen LogP contribution in [0.25, 0.3) is 0 Å². The Labute approximate surface area is 359 Å². The highest BCUT2D eigenvalue weighted by Gasteiger charge is 2.65. The number of amides is 1. The summed E-state index contributed by atoms with van der Waals surface area (Å²) < 4.78 is 51.3. The zero-order valence-corrected chi connectivity index (χ0v) is 36.5. The van der Waals surface area contributed by atoms with Gasteiger partial charge in [0.25, 0.3) is 0 Å². The number of nitrogens with zero attached hydrogens (tertiary/aromatic N) is 2. The number of ether oxygens (including phenoxy) is 3. The van der Waals surface area contributed by atoms with Gasteiger partial charge in [0.05, 0.1) is 35.8 Å². The van der Waals surface area contributed by atoms with Crippen molar-refractivity contribution in [2.45, 2.75) is 86.3 Å². The molecule has 324 valence electrons. The van der Waals surface area contributed by atoms with Gasteiger partial charge in [-0.15, -0.1) is 18.3 Å². The highest BCUT2D eigenvalue weighted by Crippen LogP contribution is 2.62.